The summed E-state index contributed by atoms with van der Waals surface area (Å²) in [5, 5.41) is 4.66. The minimum absolute atomic E-state index is 0.272. The van der Waals surface area contributed by atoms with Crippen LogP contribution in [0.1, 0.15) is 31.1 Å². The van der Waals surface area contributed by atoms with E-state index in [0.717, 1.165) is 4.68 Å². The molecule has 6 heteroatoms. The van der Waals surface area contributed by atoms with Crippen LogP contribution in [0.2, 0.25) is 0 Å². The van der Waals surface area contributed by atoms with Gasteiger partial charge in [0.05, 0.1) is 24.4 Å². The Morgan fingerprint density at radius 3 is 2.55 bits per heavy atom. The normalized spacial score (nSPS) is 11.4. The van der Waals surface area contributed by atoms with Crippen molar-refractivity contribution in [2.75, 3.05) is 7.11 Å². The van der Waals surface area contributed by atoms with Crippen molar-refractivity contribution in [3.05, 3.63) is 30.0 Å². The molecule has 20 heavy (non-hydrogen) atoms. The fourth-order valence-electron chi connectivity index (χ4n) is 1.80. The van der Waals surface area contributed by atoms with Gasteiger partial charge in [0.25, 0.3) is 0 Å². The molecule has 0 atom stereocenters. The number of aromatic nitrogens is 2. The van der Waals surface area contributed by atoms with Crippen LogP contribution in [0, 0.1) is 0 Å². The third kappa shape index (κ3) is 2.64. The summed E-state index contributed by atoms with van der Waals surface area (Å²) >= 11 is 0. The lowest BCUT2D eigenvalue weighted by Gasteiger charge is -2.19. The predicted molar refractivity (Wildman–Crippen MR) is 72.7 cm³/mol. The van der Waals surface area contributed by atoms with Gasteiger partial charge in [0.15, 0.2) is 0 Å². The summed E-state index contributed by atoms with van der Waals surface area (Å²) in [6.45, 7) is 5.29. The molecule has 6 nitrogen and oxygen atoms in total. The lowest BCUT2D eigenvalue weighted by molar-refractivity contribution is 0.0522. The Morgan fingerprint density at radius 2 is 1.95 bits per heavy atom. The molecule has 0 radical (unpaired) electrons. The quantitative estimate of drug-likeness (QED) is 0.749. The number of esters is 1. The zero-order valence-electron chi connectivity index (χ0n) is 11.8. The van der Waals surface area contributed by atoms with Crippen molar-refractivity contribution < 1.29 is 19.1 Å². The van der Waals surface area contributed by atoms with Gasteiger partial charge in [-0.3, -0.25) is 0 Å². The standard InChI is InChI=1S/C14H16N2O4/c1-14(2,3)20-13(18)16-11-9(8-15-16)6-5-7-10(11)12(17)19-4/h5-8H,1-4H3. The second-order valence-corrected chi connectivity index (χ2v) is 5.27. The van der Waals surface area contributed by atoms with Crippen LogP contribution >= 0.6 is 0 Å². The van der Waals surface area contributed by atoms with Crippen molar-refractivity contribution in [1.82, 2.24) is 9.78 Å². The molecule has 0 unspecified atom stereocenters. The maximum absolute atomic E-state index is 12.1. The fraction of sp³-hybridized carbons (Fsp3) is 0.357. The molecule has 0 saturated carbocycles. The first-order valence-electron chi connectivity index (χ1n) is 6.12. The topological polar surface area (TPSA) is 70.4 Å². The first kappa shape index (κ1) is 14.0. The van der Waals surface area contributed by atoms with E-state index < -0.39 is 17.7 Å². The van der Waals surface area contributed by atoms with Crippen LogP contribution in [0.15, 0.2) is 24.4 Å². The number of carbonyl (C=O) groups excluding carboxylic acids is 2. The Labute approximate surface area is 116 Å². The number of para-hydroxylation sites is 1. The van der Waals surface area contributed by atoms with Gasteiger partial charge in [0.1, 0.15) is 5.60 Å². The summed E-state index contributed by atoms with van der Waals surface area (Å²) in [6.07, 6.45) is 0.870. The maximum atomic E-state index is 12.1. The second kappa shape index (κ2) is 4.96. The Hall–Kier alpha value is -2.37. The Morgan fingerprint density at radius 1 is 1.25 bits per heavy atom. The zero-order chi connectivity index (χ0) is 14.9. The van der Waals surface area contributed by atoms with E-state index in [2.05, 4.69) is 5.10 Å². The average Bonchev–Trinajstić information content (AvgIpc) is 2.79. The Bertz CT molecular complexity index is 667. The minimum Gasteiger partial charge on any atom is -0.465 e. The molecule has 1 aromatic heterocycles. The van der Waals surface area contributed by atoms with Crippen LogP contribution < -0.4 is 0 Å². The third-order valence-electron chi connectivity index (χ3n) is 2.56. The van der Waals surface area contributed by atoms with Crippen molar-refractivity contribution in [2.45, 2.75) is 26.4 Å². The second-order valence-electron chi connectivity index (χ2n) is 5.27. The maximum Gasteiger partial charge on any atom is 0.435 e. The number of methoxy groups -OCH3 is 1. The van der Waals surface area contributed by atoms with E-state index >= 15 is 0 Å². The van der Waals surface area contributed by atoms with Crippen molar-refractivity contribution in [3.63, 3.8) is 0 Å². The summed E-state index contributed by atoms with van der Waals surface area (Å²) < 4.78 is 11.1. The molecule has 0 aliphatic carbocycles. The average molecular weight is 276 g/mol. The summed E-state index contributed by atoms with van der Waals surface area (Å²) in [5.41, 5.74) is 0.0113. The van der Waals surface area contributed by atoms with Crippen LogP contribution in [-0.2, 0) is 9.47 Å². The number of ether oxygens (including phenoxy) is 2. The summed E-state index contributed by atoms with van der Waals surface area (Å²) in [4.78, 5) is 23.9. The van der Waals surface area contributed by atoms with Gasteiger partial charge in [-0.25, -0.2) is 9.59 Å². The SMILES string of the molecule is COC(=O)c1cccc2cnn(C(=O)OC(C)(C)C)c12. The first-order chi connectivity index (χ1) is 9.33. The Kier molecular flexibility index (Phi) is 3.48. The number of benzene rings is 1. The molecule has 0 amide bonds. The van der Waals surface area contributed by atoms with Gasteiger partial charge in [-0.05, 0) is 26.8 Å². The predicted octanol–water partition coefficient (Wildman–Crippen LogP) is 2.61. The van der Waals surface area contributed by atoms with Gasteiger partial charge < -0.3 is 9.47 Å². The molecule has 106 valence electrons. The van der Waals surface area contributed by atoms with Gasteiger partial charge in [0.2, 0.25) is 0 Å². The number of rotatable bonds is 1. The lowest BCUT2D eigenvalue weighted by atomic mass is 10.1. The van der Waals surface area contributed by atoms with Crippen molar-refractivity contribution in [2.24, 2.45) is 0 Å². The van der Waals surface area contributed by atoms with Gasteiger partial charge in [-0.15, -0.1) is 0 Å². The van der Waals surface area contributed by atoms with E-state index in [4.69, 9.17) is 9.47 Å². The van der Waals surface area contributed by atoms with E-state index in [0.29, 0.717) is 10.9 Å². The highest BCUT2D eigenvalue weighted by Crippen LogP contribution is 2.20. The lowest BCUT2D eigenvalue weighted by Crippen LogP contribution is -2.28. The van der Waals surface area contributed by atoms with Crippen LogP contribution in [0.5, 0.6) is 0 Å². The van der Waals surface area contributed by atoms with Crippen LogP contribution in [-0.4, -0.2) is 34.6 Å². The van der Waals surface area contributed by atoms with Crippen molar-refractivity contribution in [3.8, 4) is 0 Å². The van der Waals surface area contributed by atoms with Gasteiger partial charge in [0, 0.05) is 5.39 Å². The number of fused-ring (bicyclic) bond motifs is 1. The van der Waals surface area contributed by atoms with Crippen molar-refractivity contribution in [1.29, 1.82) is 0 Å². The van der Waals surface area contributed by atoms with Crippen molar-refractivity contribution >= 4 is 23.0 Å². The Balaban J connectivity index is 2.55. The molecule has 2 rings (SSSR count). The molecular weight excluding hydrogens is 260 g/mol. The van der Waals surface area contributed by atoms with Crippen LogP contribution in [0.25, 0.3) is 10.9 Å². The first-order valence-corrected chi connectivity index (χ1v) is 6.12. The minimum atomic E-state index is -0.643. The van der Waals surface area contributed by atoms with Gasteiger partial charge >= 0.3 is 12.1 Å². The highest BCUT2D eigenvalue weighted by atomic mass is 16.6. The largest absolute Gasteiger partial charge is 0.465 e. The van der Waals surface area contributed by atoms with Crippen LogP contribution in [0.3, 0.4) is 0 Å². The summed E-state index contributed by atoms with van der Waals surface area (Å²) in [7, 11) is 1.29. The number of hydrogen-bond donors (Lipinski definition) is 0. The third-order valence-corrected chi connectivity index (χ3v) is 2.56. The fourth-order valence-corrected chi connectivity index (χ4v) is 1.80. The molecule has 0 fully saturated rings. The van der Waals surface area contributed by atoms with E-state index in [9.17, 15) is 9.59 Å². The highest BCUT2D eigenvalue weighted by Gasteiger charge is 2.23. The molecule has 0 aliphatic rings. The molecule has 0 N–H and O–H groups in total. The number of nitrogens with zero attached hydrogens (tertiary/aromatic N) is 2. The van der Waals surface area contributed by atoms with E-state index in [-0.39, 0.29) is 5.56 Å². The smallest absolute Gasteiger partial charge is 0.435 e. The van der Waals surface area contributed by atoms with E-state index in [1.807, 2.05) is 0 Å². The molecule has 1 aromatic carbocycles. The van der Waals surface area contributed by atoms with Gasteiger partial charge in [-0.2, -0.15) is 9.78 Å². The number of carbonyl (C=O) groups is 2. The van der Waals surface area contributed by atoms with E-state index in [1.165, 1.54) is 13.3 Å². The molecule has 1 heterocycles. The monoisotopic (exact) mass is 276 g/mol. The summed E-state index contributed by atoms with van der Waals surface area (Å²) in [5.74, 6) is -0.527. The summed E-state index contributed by atoms with van der Waals surface area (Å²) in [6, 6.07) is 5.04. The van der Waals surface area contributed by atoms with Crippen LogP contribution in [0.4, 0.5) is 4.79 Å². The molecule has 0 bridgehead atoms. The molecule has 0 aliphatic heterocycles. The van der Waals surface area contributed by atoms with Gasteiger partial charge in [-0.1, -0.05) is 12.1 Å². The number of hydrogen-bond acceptors (Lipinski definition) is 5. The molecule has 0 saturated heterocycles. The highest BCUT2D eigenvalue weighted by molar-refractivity contribution is 6.05. The molecule has 0 spiro atoms. The zero-order valence-corrected chi connectivity index (χ0v) is 11.8. The van der Waals surface area contributed by atoms with E-state index in [1.54, 1.807) is 39.0 Å². The molecule has 2 aromatic rings. The molecular formula is C14H16N2O4.